The van der Waals surface area contributed by atoms with Gasteiger partial charge < -0.3 is 31.3 Å². The summed E-state index contributed by atoms with van der Waals surface area (Å²) >= 11 is 1.15. The lowest BCUT2D eigenvalue weighted by Gasteiger charge is -2.52. The second-order valence-electron chi connectivity index (χ2n) is 10.4. The number of carbonyl (C=O) groups is 2. The van der Waals surface area contributed by atoms with Crippen molar-refractivity contribution in [2.24, 2.45) is 11.8 Å². The van der Waals surface area contributed by atoms with Crippen LogP contribution in [0.2, 0.25) is 0 Å². The molecular formula is C26H29BrF3NO4S. The number of fused-ring (bicyclic) bond motifs is 3. The molecule has 196 valence electrons. The normalized spacial score (nSPS) is 30.3. The topological polar surface area (TPSA) is 63.6 Å². The van der Waals surface area contributed by atoms with Crippen molar-refractivity contribution in [1.29, 1.82) is 0 Å². The number of esters is 1. The molecule has 1 saturated carbocycles. The molecule has 2 aromatic rings. The largest absolute Gasteiger partial charge is 1.00 e. The fraction of sp³-hybridized carbons (Fsp3) is 0.538. The second kappa shape index (κ2) is 10.2. The third-order valence-corrected chi connectivity index (χ3v) is 9.12. The first-order valence-electron chi connectivity index (χ1n) is 12.1. The first kappa shape index (κ1) is 27.3. The molecule has 10 heteroatoms. The standard InChI is InChI=1S/C26H29F3NO4S.BrH/c27-20-4-1-3-18(13-20)21(31)15-30-10-7-17(8-11-30)22(16-30)34-24(32)26(33,23-5-2-12-35-23)19-6-9-25(28,29)14-19;/h1-5,12-13,17,19,22,33H,6-11,14-16H2;1H/q+1;/p-1/t17?,19?,22-,26?,30?;/m0./s1. The van der Waals surface area contributed by atoms with Gasteiger partial charge in [0, 0.05) is 48.0 Å². The highest BCUT2D eigenvalue weighted by atomic mass is 79.9. The van der Waals surface area contributed by atoms with Gasteiger partial charge in [-0.25, -0.2) is 18.0 Å². The van der Waals surface area contributed by atoms with Gasteiger partial charge in [-0.3, -0.25) is 4.79 Å². The van der Waals surface area contributed by atoms with E-state index < -0.39 is 41.8 Å². The molecular weight excluding hydrogens is 559 g/mol. The van der Waals surface area contributed by atoms with Gasteiger partial charge in [0.1, 0.15) is 18.9 Å². The van der Waals surface area contributed by atoms with Crippen molar-refractivity contribution in [3.05, 3.63) is 58.0 Å². The van der Waals surface area contributed by atoms with Crippen LogP contribution < -0.4 is 17.0 Å². The Labute approximate surface area is 222 Å². The van der Waals surface area contributed by atoms with Gasteiger partial charge in [0.2, 0.25) is 11.7 Å². The summed E-state index contributed by atoms with van der Waals surface area (Å²) in [5.74, 6) is -5.26. The minimum absolute atomic E-state index is 0. The van der Waals surface area contributed by atoms with E-state index in [1.54, 1.807) is 23.6 Å². The zero-order valence-electron chi connectivity index (χ0n) is 19.7. The average Bonchev–Trinajstić information content (AvgIpc) is 3.49. The Bertz CT molecular complexity index is 1110. The van der Waals surface area contributed by atoms with Crippen LogP contribution >= 0.6 is 11.3 Å². The van der Waals surface area contributed by atoms with Gasteiger partial charge in [-0.1, -0.05) is 18.2 Å². The Morgan fingerprint density at radius 2 is 1.92 bits per heavy atom. The molecule has 0 spiro atoms. The zero-order chi connectivity index (χ0) is 24.8. The molecule has 2 unspecified atom stereocenters. The molecule has 4 fully saturated rings. The van der Waals surface area contributed by atoms with Gasteiger partial charge in [-0.15, -0.1) is 11.3 Å². The van der Waals surface area contributed by atoms with Crippen LogP contribution in [0.25, 0.3) is 0 Å². The van der Waals surface area contributed by atoms with E-state index in [4.69, 9.17) is 4.74 Å². The van der Waals surface area contributed by atoms with Crippen molar-refractivity contribution in [1.82, 2.24) is 0 Å². The van der Waals surface area contributed by atoms with E-state index in [9.17, 15) is 27.9 Å². The van der Waals surface area contributed by atoms with Crippen LogP contribution in [0.4, 0.5) is 13.2 Å². The number of carbonyl (C=O) groups excluding carboxylic acids is 2. The van der Waals surface area contributed by atoms with E-state index >= 15 is 0 Å². The highest BCUT2D eigenvalue weighted by Crippen LogP contribution is 2.49. The minimum Gasteiger partial charge on any atom is -1.00 e. The zero-order valence-corrected chi connectivity index (χ0v) is 22.1. The summed E-state index contributed by atoms with van der Waals surface area (Å²) in [6.45, 7) is 2.10. The summed E-state index contributed by atoms with van der Waals surface area (Å²) in [4.78, 5) is 26.7. The quantitative estimate of drug-likeness (QED) is 0.303. The number of nitrogens with zero attached hydrogens (tertiary/aromatic N) is 1. The molecule has 1 N–H and O–H groups in total. The number of piperidine rings is 3. The number of hydrogen-bond donors (Lipinski definition) is 1. The number of halogens is 4. The van der Waals surface area contributed by atoms with Crippen molar-refractivity contribution in [3.8, 4) is 0 Å². The Kier molecular flexibility index (Phi) is 7.73. The fourth-order valence-electron chi connectivity index (χ4n) is 6.13. The summed E-state index contributed by atoms with van der Waals surface area (Å²) in [6, 6.07) is 8.89. The smallest absolute Gasteiger partial charge is 0.344 e. The molecule has 1 aromatic carbocycles. The number of aliphatic hydroxyl groups is 1. The van der Waals surface area contributed by atoms with Crippen LogP contribution in [0.3, 0.4) is 0 Å². The molecule has 6 rings (SSSR count). The van der Waals surface area contributed by atoms with E-state index in [2.05, 4.69) is 0 Å². The maximum Gasteiger partial charge on any atom is 0.344 e. The molecule has 2 bridgehead atoms. The SMILES string of the molecule is O=C(C[N+]12CCC(CC1)[C@@H](OC(=O)C(O)(c1cccs1)C1CCC(F)(F)C1)C2)c1cccc(F)c1.[Br-]. The van der Waals surface area contributed by atoms with E-state index in [-0.39, 0.29) is 48.1 Å². The van der Waals surface area contributed by atoms with Crippen LogP contribution in [-0.4, -0.2) is 59.5 Å². The summed E-state index contributed by atoms with van der Waals surface area (Å²) in [7, 11) is 0. The predicted molar refractivity (Wildman–Crippen MR) is 124 cm³/mol. The van der Waals surface area contributed by atoms with Gasteiger partial charge >= 0.3 is 5.97 Å². The van der Waals surface area contributed by atoms with Gasteiger partial charge in [-0.2, -0.15) is 0 Å². The van der Waals surface area contributed by atoms with Crippen LogP contribution in [0.1, 0.15) is 47.3 Å². The van der Waals surface area contributed by atoms with E-state index in [0.717, 1.165) is 37.3 Å². The van der Waals surface area contributed by atoms with Gasteiger partial charge in [0.05, 0.1) is 13.1 Å². The maximum absolute atomic E-state index is 14.0. The molecule has 3 saturated heterocycles. The number of thiophene rings is 1. The number of ether oxygens (including phenoxy) is 1. The molecule has 5 nitrogen and oxygen atoms in total. The number of Topliss-reactive ketones (excluding diaryl/α,β-unsaturated/α-hetero) is 1. The first-order chi connectivity index (χ1) is 16.6. The van der Waals surface area contributed by atoms with Crippen LogP contribution in [0.5, 0.6) is 0 Å². The summed E-state index contributed by atoms with van der Waals surface area (Å²) in [5, 5.41) is 13.3. The number of ketones is 1. The van der Waals surface area contributed by atoms with Crippen molar-refractivity contribution >= 4 is 23.1 Å². The minimum atomic E-state index is -2.92. The van der Waals surface area contributed by atoms with Crippen molar-refractivity contribution < 1.29 is 54.1 Å². The molecule has 4 aliphatic rings. The van der Waals surface area contributed by atoms with Gasteiger partial charge in [-0.05, 0) is 30.0 Å². The Hall–Kier alpha value is -1.75. The third kappa shape index (κ3) is 5.14. The number of quaternary nitrogens is 1. The summed E-state index contributed by atoms with van der Waals surface area (Å²) < 4.78 is 48.0. The molecule has 4 heterocycles. The average molecular weight is 588 g/mol. The van der Waals surface area contributed by atoms with Crippen LogP contribution in [0, 0.1) is 17.7 Å². The number of benzene rings is 1. The maximum atomic E-state index is 14.0. The van der Waals surface area contributed by atoms with E-state index in [1.807, 2.05) is 0 Å². The number of hydrogen-bond acceptors (Lipinski definition) is 5. The molecule has 3 atom stereocenters. The lowest BCUT2D eigenvalue weighted by Crippen LogP contribution is -3.00. The lowest BCUT2D eigenvalue weighted by molar-refractivity contribution is -0.938. The van der Waals surface area contributed by atoms with Crippen molar-refractivity contribution in [3.63, 3.8) is 0 Å². The van der Waals surface area contributed by atoms with E-state index in [0.29, 0.717) is 21.5 Å². The Balaban J connectivity index is 0.00000304. The second-order valence-corrected chi connectivity index (χ2v) is 11.3. The molecule has 0 amide bonds. The predicted octanol–water partition coefficient (Wildman–Crippen LogP) is 1.55. The first-order valence-corrected chi connectivity index (χ1v) is 13.0. The number of rotatable bonds is 7. The molecule has 1 aliphatic carbocycles. The molecule has 3 aliphatic heterocycles. The molecule has 0 radical (unpaired) electrons. The number of alkyl halides is 2. The van der Waals surface area contributed by atoms with Crippen LogP contribution in [0.15, 0.2) is 41.8 Å². The van der Waals surface area contributed by atoms with Gasteiger partial charge in [0.15, 0.2) is 11.7 Å². The highest BCUT2D eigenvalue weighted by molar-refractivity contribution is 7.10. The molecule has 1 aromatic heterocycles. The fourth-order valence-corrected chi connectivity index (χ4v) is 7.02. The lowest BCUT2D eigenvalue weighted by atomic mass is 9.81. The Morgan fingerprint density at radius 3 is 2.53 bits per heavy atom. The van der Waals surface area contributed by atoms with Crippen molar-refractivity contribution in [2.75, 3.05) is 26.2 Å². The summed E-state index contributed by atoms with van der Waals surface area (Å²) in [6.07, 6.45) is 0.103. The van der Waals surface area contributed by atoms with Crippen molar-refractivity contribution in [2.45, 2.75) is 49.7 Å². The highest BCUT2D eigenvalue weighted by Gasteiger charge is 2.57. The third-order valence-electron chi connectivity index (χ3n) is 8.13. The molecule has 36 heavy (non-hydrogen) atoms. The monoisotopic (exact) mass is 587 g/mol. The van der Waals surface area contributed by atoms with Crippen LogP contribution in [-0.2, 0) is 15.1 Å². The van der Waals surface area contributed by atoms with Gasteiger partial charge in [0.25, 0.3) is 0 Å². The summed E-state index contributed by atoms with van der Waals surface area (Å²) in [5.41, 5.74) is -1.81. The van der Waals surface area contributed by atoms with E-state index in [1.165, 1.54) is 18.2 Å². The Morgan fingerprint density at radius 1 is 1.17 bits per heavy atom.